The molecule has 2 aromatic heterocycles. The molecule has 0 atom stereocenters. The first-order chi connectivity index (χ1) is 8.94. The van der Waals surface area contributed by atoms with Gasteiger partial charge in [0.1, 0.15) is 4.21 Å². The van der Waals surface area contributed by atoms with E-state index in [-0.39, 0.29) is 0 Å². The minimum absolute atomic E-state index is 0.323. The Kier molecular flexibility index (Phi) is 3.77. The van der Waals surface area contributed by atoms with Crippen LogP contribution in [0.5, 0.6) is 0 Å². The molecule has 19 heavy (non-hydrogen) atoms. The highest BCUT2D eigenvalue weighted by molar-refractivity contribution is 7.94. The van der Waals surface area contributed by atoms with E-state index in [0.717, 1.165) is 0 Å². The van der Waals surface area contributed by atoms with Gasteiger partial charge in [0.25, 0.3) is 10.0 Å². The van der Waals surface area contributed by atoms with Gasteiger partial charge < -0.3 is 4.90 Å². The summed E-state index contributed by atoms with van der Waals surface area (Å²) in [6.07, 6.45) is 1.64. The van der Waals surface area contributed by atoms with E-state index in [2.05, 4.69) is 4.98 Å². The highest BCUT2D eigenvalue weighted by Crippen LogP contribution is 2.30. The summed E-state index contributed by atoms with van der Waals surface area (Å²) in [5.41, 5.74) is 0.556. The molecule has 0 fully saturated rings. The minimum atomic E-state index is -3.52. The monoisotopic (exact) mass is 297 g/mol. The molecule has 0 aliphatic carbocycles. The molecule has 0 aliphatic rings. The predicted octanol–water partition coefficient (Wildman–Crippen LogP) is 2.03. The Hall–Kier alpha value is -1.60. The Balaban J connectivity index is 2.49. The number of anilines is 2. The maximum atomic E-state index is 12.5. The number of hydrogen-bond donors (Lipinski definition) is 0. The van der Waals surface area contributed by atoms with Crippen LogP contribution in [0.4, 0.5) is 11.5 Å². The van der Waals surface area contributed by atoms with Crippen LogP contribution in [0, 0.1) is 0 Å². The topological polar surface area (TPSA) is 53.5 Å². The molecule has 0 unspecified atom stereocenters. The van der Waals surface area contributed by atoms with Gasteiger partial charge in [-0.15, -0.1) is 11.3 Å². The third-order valence-electron chi connectivity index (χ3n) is 2.64. The van der Waals surface area contributed by atoms with Crippen LogP contribution in [0.1, 0.15) is 0 Å². The van der Waals surface area contributed by atoms with Crippen molar-refractivity contribution >= 4 is 32.9 Å². The molecule has 0 bridgehead atoms. The fraction of sp³-hybridized carbons (Fsp3) is 0.250. The number of pyridine rings is 1. The second-order valence-corrected chi connectivity index (χ2v) is 7.29. The first-order valence-electron chi connectivity index (χ1n) is 5.59. The molecule has 0 radical (unpaired) electrons. The van der Waals surface area contributed by atoms with E-state index >= 15 is 0 Å². The summed E-state index contributed by atoms with van der Waals surface area (Å²) < 4.78 is 26.5. The van der Waals surface area contributed by atoms with E-state index in [9.17, 15) is 8.42 Å². The zero-order valence-electron chi connectivity index (χ0n) is 10.9. The zero-order valence-corrected chi connectivity index (χ0v) is 12.6. The maximum absolute atomic E-state index is 12.5. The molecule has 5 nitrogen and oxygen atoms in total. The predicted molar refractivity (Wildman–Crippen MR) is 78.5 cm³/mol. The van der Waals surface area contributed by atoms with Crippen molar-refractivity contribution in [2.75, 3.05) is 30.3 Å². The smallest absolute Gasteiger partial charge is 0.273 e. The molecule has 2 rings (SSSR count). The number of aromatic nitrogens is 1. The third-order valence-corrected chi connectivity index (χ3v) is 5.78. The van der Waals surface area contributed by atoms with Crippen molar-refractivity contribution in [3.05, 3.63) is 35.8 Å². The SMILES string of the molecule is CN(C)c1ncccc1N(C)S(=O)(=O)c1cccs1. The fourth-order valence-corrected chi connectivity index (χ4v) is 4.01. The van der Waals surface area contributed by atoms with Gasteiger partial charge in [0, 0.05) is 27.3 Å². The van der Waals surface area contributed by atoms with Gasteiger partial charge in [-0.25, -0.2) is 13.4 Å². The molecule has 102 valence electrons. The van der Waals surface area contributed by atoms with Gasteiger partial charge in [-0.1, -0.05) is 6.07 Å². The fourth-order valence-electron chi connectivity index (χ4n) is 1.65. The van der Waals surface area contributed by atoms with E-state index in [4.69, 9.17) is 0 Å². The molecule has 0 spiro atoms. The largest absolute Gasteiger partial charge is 0.361 e. The van der Waals surface area contributed by atoms with Crippen LogP contribution in [-0.2, 0) is 10.0 Å². The van der Waals surface area contributed by atoms with E-state index < -0.39 is 10.0 Å². The van der Waals surface area contributed by atoms with Crippen molar-refractivity contribution in [3.8, 4) is 0 Å². The Labute approximate surface area is 117 Å². The van der Waals surface area contributed by atoms with Crippen LogP contribution < -0.4 is 9.21 Å². The highest BCUT2D eigenvalue weighted by atomic mass is 32.2. The van der Waals surface area contributed by atoms with E-state index in [1.54, 1.807) is 47.8 Å². The second kappa shape index (κ2) is 5.18. The summed E-state index contributed by atoms with van der Waals surface area (Å²) in [5, 5.41) is 1.75. The van der Waals surface area contributed by atoms with Crippen molar-refractivity contribution in [1.82, 2.24) is 4.98 Å². The molecule has 0 amide bonds. The van der Waals surface area contributed by atoms with E-state index in [1.807, 2.05) is 14.1 Å². The van der Waals surface area contributed by atoms with Crippen LogP contribution in [0.15, 0.2) is 40.1 Å². The number of thiophene rings is 1. The Morgan fingerprint density at radius 1 is 1.16 bits per heavy atom. The van der Waals surface area contributed by atoms with Crippen LogP contribution >= 0.6 is 11.3 Å². The van der Waals surface area contributed by atoms with E-state index in [1.165, 1.54) is 15.6 Å². The molecule has 2 aromatic rings. The lowest BCUT2D eigenvalue weighted by molar-refractivity contribution is 0.596. The first kappa shape index (κ1) is 13.8. The van der Waals surface area contributed by atoms with Crippen LogP contribution in [-0.4, -0.2) is 34.5 Å². The Bertz CT molecular complexity index is 651. The number of hydrogen-bond acceptors (Lipinski definition) is 5. The molecule has 0 saturated carbocycles. The van der Waals surface area contributed by atoms with Crippen LogP contribution in [0.25, 0.3) is 0 Å². The van der Waals surface area contributed by atoms with Crippen molar-refractivity contribution in [1.29, 1.82) is 0 Å². The van der Waals surface area contributed by atoms with Gasteiger partial charge in [0.15, 0.2) is 5.82 Å². The van der Waals surface area contributed by atoms with Crippen LogP contribution in [0.2, 0.25) is 0 Å². The summed E-state index contributed by atoms with van der Waals surface area (Å²) in [6, 6.07) is 6.79. The number of nitrogens with zero attached hydrogens (tertiary/aromatic N) is 3. The average molecular weight is 297 g/mol. The molecule has 2 heterocycles. The molecule has 0 aliphatic heterocycles. The van der Waals surface area contributed by atoms with Crippen molar-refractivity contribution in [3.63, 3.8) is 0 Å². The third kappa shape index (κ3) is 2.57. The highest BCUT2D eigenvalue weighted by Gasteiger charge is 2.24. The van der Waals surface area contributed by atoms with E-state index in [0.29, 0.717) is 15.7 Å². The van der Waals surface area contributed by atoms with Crippen LogP contribution in [0.3, 0.4) is 0 Å². The normalized spacial score (nSPS) is 11.3. The van der Waals surface area contributed by atoms with Crippen molar-refractivity contribution < 1.29 is 8.42 Å². The molecule has 0 aromatic carbocycles. The maximum Gasteiger partial charge on any atom is 0.273 e. The standard InChI is InChI=1S/C12H15N3O2S2/c1-14(2)12-10(6-4-8-13-12)15(3)19(16,17)11-7-5-9-18-11/h4-9H,1-3H3. The molecular formula is C12H15N3O2S2. The molecule has 0 N–H and O–H groups in total. The second-order valence-electron chi connectivity index (χ2n) is 4.15. The number of rotatable bonds is 4. The summed E-state index contributed by atoms with van der Waals surface area (Å²) >= 11 is 1.20. The lowest BCUT2D eigenvalue weighted by atomic mass is 10.4. The Morgan fingerprint density at radius 2 is 1.89 bits per heavy atom. The summed E-state index contributed by atoms with van der Waals surface area (Å²) in [5.74, 6) is 0.616. The summed E-state index contributed by atoms with van der Waals surface area (Å²) in [4.78, 5) is 6.00. The van der Waals surface area contributed by atoms with Gasteiger partial charge >= 0.3 is 0 Å². The van der Waals surface area contributed by atoms with Gasteiger partial charge in [0.05, 0.1) is 5.69 Å². The average Bonchev–Trinajstić information content (AvgIpc) is 2.92. The molecule has 7 heteroatoms. The summed E-state index contributed by atoms with van der Waals surface area (Å²) in [7, 11) is 1.68. The zero-order chi connectivity index (χ0) is 14.0. The lowest BCUT2D eigenvalue weighted by Gasteiger charge is -2.23. The molecular weight excluding hydrogens is 282 g/mol. The van der Waals surface area contributed by atoms with Gasteiger partial charge in [-0.3, -0.25) is 4.31 Å². The lowest BCUT2D eigenvalue weighted by Crippen LogP contribution is -2.28. The summed E-state index contributed by atoms with van der Waals surface area (Å²) in [6.45, 7) is 0. The van der Waals surface area contributed by atoms with Crippen molar-refractivity contribution in [2.45, 2.75) is 4.21 Å². The molecule has 0 saturated heterocycles. The van der Waals surface area contributed by atoms with Gasteiger partial charge in [-0.05, 0) is 23.6 Å². The minimum Gasteiger partial charge on any atom is -0.361 e. The quantitative estimate of drug-likeness (QED) is 0.866. The van der Waals surface area contributed by atoms with Crippen molar-refractivity contribution in [2.24, 2.45) is 0 Å². The first-order valence-corrected chi connectivity index (χ1v) is 7.91. The van der Waals surface area contributed by atoms with Gasteiger partial charge in [-0.2, -0.15) is 0 Å². The Morgan fingerprint density at radius 3 is 2.47 bits per heavy atom. The number of sulfonamides is 1. The van der Waals surface area contributed by atoms with Gasteiger partial charge in [0.2, 0.25) is 0 Å².